The summed E-state index contributed by atoms with van der Waals surface area (Å²) >= 11 is 0. The first kappa shape index (κ1) is 14.8. The standard InChI is InChI=1S/C18H16O3/c1-3-16(19)12-14-6-10-17(11-7-14)21-18(20)15-8-4-13(2)5-9-15/h1,4-11,16,19H,12H2,2H3. The summed E-state index contributed by atoms with van der Waals surface area (Å²) in [5, 5.41) is 9.38. The Labute approximate surface area is 124 Å². The Morgan fingerprint density at radius 3 is 2.38 bits per heavy atom. The predicted octanol–water partition coefficient (Wildman–Crippen LogP) is 2.75. The van der Waals surface area contributed by atoms with Gasteiger partial charge in [-0.3, -0.25) is 0 Å². The molecule has 106 valence electrons. The van der Waals surface area contributed by atoms with E-state index in [2.05, 4.69) is 5.92 Å². The van der Waals surface area contributed by atoms with Gasteiger partial charge in [0.05, 0.1) is 5.56 Å². The molecule has 0 spiro atoms. The maximum atomic E-state index is 11.9. The number of rotatable bonds is 4. The first-order chi connectivity index (χ1) is 10.1. The second kappa shape index (κ2) is 6.74. The van der Waals surface area contributed by atoms with Crippen LogP contribution in [0.15, 0.2) is 48.5 Å². The number of carbonyl (C=O) groups excluding carboxylic acids is 1. The van der Waals surface area contributed by atoms with Crippen molar-refractivity contribution in [1.82, 2.24) is 0 Å². The highest BCUT2D eigenvalue weighted by Crippen LogP contribution is 2.15. The molecule has 1 unspecified atom stereocenters. The lowest BCUT2D eigenvalue weighted by Gasteiger charge is -2.07. The van der Waals surface area contributed by atoms with Crippen molar-refractivity contribution in [3.05, 3.63) is 65.2 Å². The van der Waals surface area contributed by atoms with E-state index in [9.17, 15) is 9.90 Å². The molecule has 21 heavy (non-hydrogen) atoms. The van der Waals surface area contributed by atoms with Crippen LogP contribution >= 0.6 is 0 Å². The topological polar surface area (TPSA) is 46.5 Å². The summed E-state index contributed by atoms with van der Waals surface area (Å²) in [6.07, 6.45) is 4.70. The summed E-state index contributed by atoms with van der Waals surface area (Å²) in [7, 11) is 0. The zero-order valence-corrected chi connectivity index (χ0v) is 11.7. The van der Waals surface area contributed by atoms with Crippen LogP contribution in [0.4, 0.5) is 0 Å². The van der Waals surface area contributed by atoms with Crippen molar-refractivity contribution in [2.24, 2.45) is 0 Å². The number of terminal acetylenes is 1. The van der Waals surface area contributed by atoms with Crippen molar-refractivity contribution < 1.29 is 14.6 Å². The van der Waals surface area contributed by atoms with Gasteiger partial charge in [-0.1, -0.05) is 35.7 Å². The summed E-state index contributed by atoms with van der Waals surface area (Å²) in [5.41, 5.74) is 2.48. The van der Waals surface area contributed by atoms with Gasteiger partial charge in [-0.2, -0.15) is 0 Å². The summed E-state index contributed by atoms with van der Waals surface area (Å²) in [6.45, 7) is 1.96. The number of benzene rings is 2. The number of ether oxygens (including phenoxy) is 1. The van der Waals surface area contributed by atoms with Crippen LogP contribution in [0.5, 0.6) is 5.75 Å². The van der Waals surface area contributed by atoms with Crippen molar-refractivity contribution in [1.29, 1.82) is 0 Å². The molecule has 0 aliphatic carbocycles. The molecule has 0 aliphatic heterocycles. The van der Waals surface area contributed by atoms with Gasteiger partial charge in [-0.05, 0) is 36.8 Å². The normalized spacial score (nSPS) is 11.5. The van der Waals surface area contributed by atoms with Gasteiger partial charge in [-0.15, -0.1) is 6.42 Å². The molecule has 2 aromatic rings. The highest BCUT2D eigenvalue weighted by Gasteiger charge is 2.08. The van der Waals surface area contributed by atoms with Crippen LogP contribution in [0.1, 0.15) is 21.5 Å². The average molecular weight is 280 g/mol. The van der Waals surface area contributed by atoms with Crippen molar-refractivity contribution in [3.8, 4) is 18.1 Å². The Hall–Kier alpha value is -2.57. The van der Waals surface area contributed by atoms with Gasteiger partial charge >= 0.3 is 5.97 Å². The van der Waals surface area contributed by atoms with Crippen LogP contribution in [0.25, 0.3) is 0 Å². The summed E-state index contributed by atoms with van der Waals surface area (Å²) in [5.74, 6) is 2.32. The molecular weight excluding hydrogens is 264 g/mol. The summed E-state index contributed by atoms with van der Waals surface area (Å²) in [6, 6.07) is 14.1. The van der Waals surface area contributed by atoms with Crippen LogP contribution in [0.3, 0.4) is 0 Å². The summed E-state index contributed by atoms with van der Waals surface area (Å²) < 4.78 is 5.28. The van der Waals surface area contributed by atoms with Gasteiger partial charge < -0.3 is 9.84 Å². The predicted molar refractivity (Wildman–Crippen MR) is 81.1 cm³/mol. The van der Waals surface area contributed by atoms with E-state index in [1.54, 1.807) is 36.4 Å². The quantitative estimate of drug-likeness (QED) is 0.532. The number of aryl methyl sites for hydroxylation is 1. The largest absolute Gasteiger partial charge is 0.423 e. The molecule has 3 heteroatoms. The van der Waals surface area contributed by atoms with Crippen LogP contribution in [-0.2, 0) is 6.42 Å². The number of hydrogen-bond donors (Lipinski definition) is 1. The van der Waals surface area contributed by atoms with Crippen molar-refractivity contribution in [2.45, 2.75) is 19.4 Å². The van der Waals surface area contributed by atoms with E-state index in [4.69, 9.17) is 11.2 Å². The number of aliphatic hydroxyl groups excluding tert-OH is 1. The minimum atomic E-state index is -0.800. The van der Waals surface area contributed by atoms with Crippen LogP contribution in [0, 0.1) is 19.3 Å². The first-order valence-corrected chi connectivity index (χ1v) is 6.60. The highest BCUT2D eigenvalue weighted by atomic mass is 16.5. The summed E-state index contributed by atoms with van der Waals surface area (Å²) in [4.78, 5) is 11.9. The maximum Gasteiger partial charge on any atom is 0.343 e. The van der Waals surface area contributed by atoms with E-state index in [0.717, 1.165) is 11.1 Å². The van der Waals surface area contributed by atoms with E-state index in [-0.39, 0.29) is 0 Å². The Morgan fingerprint density at radius 1 is 1.19 bits per heavy atom. The lowest BCUT2D eigenvalue weighted by molar-refractivity contribution is 0.0734. The molecule has 2 aromatic carbocycles. The van der Waals surface area contributed by atoms with Gasteiger partial charge in [0, 0.05) is 6.42 Å². The molecule has 0 fully saturated rings. The van der Waals surface area contributed by atoms with E-state index in [1.165, 1.54) is 0 Å². The maximum absolute atomic E-state index is 11.9. The van der Waals surface area contributed by atoms with Crippen molar-refractivity contribution in [3.63, 3.8) is 0 Å². The fourth-order valence-corrected chi connectivity index (χ4v) is 1.83. The molecule has 0 radical (unpaired) electrons. The van der Waals surface area contributed by atoms with Gasteiger partial charge in [0.25, 0.3) is 0 Å². The molecule has 3 nitrogen and oxygen atoms in total. The van der Waals surface area contributed by atoms with Gasteiger partial charge in [0.1, 0.15) is 11.9 Å². The Bertz CT molecular complexity index is 648. The third kappa shape index (κ3) is 4.20. The lowest BCUT2D eigenvalue weighted by Crippen LogP contribution is -2.09. The average Bonchev–Trinajstić information content (AvgIpc) is 2.49. The third-order valence-corrected chi connectivity index (χ3v) is 3.04. The third-order valence-electron chi connectivity index (χ3n) is 3.04. The fourth-order valence-electron chi connectivity index (χ4n) is 1.83. The lowest BCUT2D eigenvalue weighted by atomic mass is 10.1. The van der Waals surface area contributed by atoms with E-state index < -0.39 is 12.1 Å². The van der Waals surface area contributed by atoms with Crippen LogP contribution < -0.4 is 4.74 Å². The first-order valence-electron chi connectivity index (χ1n) is 6.60. The molecule has 0 heterocycles. The second-order valence-corrected chi connectivity index (χ2v) is 4.79. The number of hydrogen-bond acceptors (Lipinski definition) is 3. The molecule has 0 bridgehead atoms. The molecular formula is C18H16O3. The fraction of sp³-hybridized carbons (Fsp3) is 0.167. The Balaban J connectivity index is 2.01. The number of esters is 1. The molecule has 0 amide bonds. The van der Waals surface area contributed by atoms with Crippen LogP contribution in [0.2, 0.25) is 0 Å². The smallest absolute Gasteiger partial charge is 0.343 e. The molecule has 0 aliphatic rings. The number of aliphatic hydroxyl groups is 1. The molecule has 0 aromatic heterocycles. The van der Waals surface area contributed by atoms with Gasteiger partial charge in [-0.25, -0.2) is 4.79 Å². The highest BCUT2D eigenvalue weighted by molar-refractivity contribution is 5.91. The monoisotopic (exact) mass is 280 g/mol. The van der Waals surface area contributed by atoms with Gasteiger partial charge in [0.15, 0.2) is 0 Å². The molecule has 0 saturated heterocycles. The van der Waals surface area contributed by atoms with Crippen LogP contribution in [-0.4, -0.2) is 17.2 Å². The molecule has 1 N–H and O–H groups in total. The molecule has 0 saturated carbocycles. The minimum absolute atomic E-state index is 0.378. The van der Waals surface area contributed by atoms with Crippen molar-refractivity contribution in [2.75, 3.05) is 0 Å². The second-order valence-electron chi connectivity index (χ2n) is 4.79. The SMILES string of the molecule is C#CC(O)Cc1ccc(OC(=O)c2ccc(C)cc2)cc1. The van der Waals surface area contributed by atoms with Gasteiger partial charge in [0.2, 0.25) is 0 Å². The van der Waals surface area contributed by atoms with Crippen molar-refractivity contribution >= 4 is 5.97 Å². The van der Waals surface area contributed by atoms with E-state index in [1.807, 2.05) is 19.1 Å². The number of carbonyl (C=O) groups is 1. The zero-order chi connectivity index (χ0) is 15.2. The minimum Gasteiger partial charge on any atom is -0.423 e. The van der Waals surface area contributed by atoms with E-state index >= 15 is 0 Å². The zero-order valence-electron chi connectivity index (χ0n) is 11.7. The van der Waals surface area contributed by atoms with E-state index in [0.29, 0.717) is 17.7 Å². The Morgan fingerprint density at radius 2 is 1.81 bits per heavy atom. The molecule has 1 atom stereocenters. The Kier molecular flexibility index (Phi) is 4.76. The molecule has 2 rings (SSSR count).